The van der Waals surface area contributed by atoms with Crippen LogP contribution in [0.4, 0.5) is 9.18 Å². The average molecular weight is 360 g/mol. The molecule has 1 heterocycles. The second kappa shape index (κ2) is 6.22. The molecule has 0 bridgehead atoms. The Morgan fingerprint density at radius 1 is 1.29 bits per heavy atom. The van der Waals surface area contributed by atoms with Gasteiger partial charge in [-0.1, -0.05) is 15.9 Å². The van der Waals surface area contributed by atoms with E-state index in [9.17, 15) is 9.18 Å². The summed E-state index contributed by atoms with van der Waals surface area (Å²) >= 11 is 3.33. The van der Waals surface area contributed by atoms with Crippen LogP contribution in [0.15, 0.2) is 28.7 Å². The van der Waals surface area contributed by atoms with Crippen LogP contribution in [0, 0.1) is 0 Å². The molecule has 0 N–H and O–H groups in total. The number of carbonyl (C=O) groups excluding carboxylic acids is 1. The third-order valence-electron chi connectivity index (χ3n) is 2.95. The van der Waals surface area contributed by atoms with Crippen LogP contribution < -0.4 is 4.74 Å². The van der Waals surface area contributed by atoms with Crippen molar-refractivity contribution in [2.75, 3.05) is 13.1 Å². The lowest BCUT2D eigenvalue weighted by atomic mass is 10.2. The minimum atomic E-state index is -1.22. The van der Waals surface area contributed by atoms with Gasteiger partial charge in [0, 0.05) is 4.47 Å². The zero-order valence-electron chi connectivity index (χ0n) is 12.3. The molecule has 1 aliphatic rings. The molecule has 1 aromatic carbocycles. The SMILES string of the molecule is CC(C)(C)OC(=O)N1CC(F)C(Oc2ccc(Br)cc2)C1. The fraction of sp³-hybridized carbons (Fsp3) is 0.533. The Balaban J connectivity index is 1.94. The van der Waals surface area contributed by atoms with Gasteiger partial charge in [-0.25, -0.2) is 9.18 Å². The number of benzene rings is 1. The van der Waals surface area contributed by atoms with Gasteiger partial charge in [0.05, 0.1) is 13.1 Å². The molecule has 1 fully saturated rings. The molecule has 0 aliphatic carbocycles. The first-order chi connectivity index (χ1) is 9.74. The summed E-state index contributed by atoms with van der Waals surface area (Å²) in [6.45, 7) is 5.53. The van der Waals surface area contributed by atoms with Crippen LogP contribution in [0.5, 0.6) is 5.75 Å². The maximum atomic E-state index is 14.0. The molecule has 2 rings (SSSR count). The summed E-state index contributed by atoms with van der Waals surface area (Å²) in [6, 6.07) is 7.16. The Hall–Kier alpha value is -1.30. The highest BCUT2D eigenvalue weighted by atomic mass is 79.9. The van der Waals surface area contributed by atoms with Crippen LogP contribution in [0.25, 0.3) is 0 Å². The average Bonchev–Trinajstić information content (AvgIpc) is 2.72. The molecule has 1 saturated heterocycles. The lowest BCUT2D eigenvalue weighted by Gasteiger charge is -2.24. The van der Waals surface area contributed by atoms with Crippen molar-refractivity contribution in [3.05, 3.63) is 28.7 Å². The Labute approximate surface area is 132 Å². The van der Waals surface area contributed by atoms with Gasteiger partial charge in [-0.3, -0.25) is 0 Å². The molecular formula is C15H19BrFNO3. The second-order valence-electron chi connectivity index (χ2n) is 6.01. The van der Waals surface area contributed by atoms with E-state index in [-0.39, 0.29) is 13.1 Å². The minimum absolute atomic E-state index is 0.00386. The molecule has 0 aromatic heterocycles. The standard InChI is InChI=1S/C15H19BrFNO3/c1-15(2,3)21-14(19)18-8-12(17)13(9-18)20-11-6-4-10(16)5-7-11/h4-7,12-13H,8-9H2,1-3H3. The Morgan fingerprint density at radius 2 is 1.90 bits per heavy atom. The summed E-state index contributed by atoms with van der Waals surface area (Å²) in [5.74, 6) is 0.580. The summed E-state index contributed by atoms with van der Waals surface area (Å²) < 4.78 is 25.8. The van der Waals surface area contributed by atoms with Gasteiger partial charge in [-0.15, -0.1) is 0 Å². The van der Waals surface area contributed by atoms with E-state index in [4.69, 9.17) is 9.47 Å². The third-order valence-corrected chi connectivity index (χ3v) is 3.48. The first-order valence-electron chi connectivity index (χ1n) is 6.79. The van der Waals surface area contributed by atoms with E-state index in [1.54, 1.807) is 32.9 Å². The number of rotatable bonds is 2. The fourth-order valence-corrected chi connectivity index (χ4v) is 2.27. The molecule has 0 saturated carbocycles. The van der Waals surface area contributed by atoms with E-state index in [1.807, 2.05) is 12.1 Å². The summed E-state index contributed by atoms with van der Waals surface area (Å²) in [5, 5.41) is 0. The summed E-state index contributed by atoms with van der Waals surface area (Å²) in [6.07, 6.45) is -2.40. The van der Waals surface area contributed by atoms with Crippen molar-refractivity contribution >= 4 is 22.0 Å². The van der Waals surface area contributed by atoms with Crippen LogP contribution in [-0.4, -0.2) is 42.0 Å². The van der Waals surface area contributed by atoms with Gasteiger partial charge in [0.25, 0.3) is 0 Å². The van der Waals surface area contributed by atoms with Gasteiger partial charge in [0.2, 0.25) is 0 Å². The largest absolute Gasteiger partial charge is 0.485 e. The van der Waals surface area contributed by atoms with E-state index >= 15 is 0 Å². The fourth-order valence-electron chi connectivity index (χ4n) is 2.01. The highest BCUT2D eigenvalue weighted by Gasteiger charge is 2.38. The summed E-state index contributed by atoms with van der Waals surface area (Å²) in [4.78, 5) is 13.3. The predicted molar refractivity (Wildman–Crippen MR) is 81.3 cm³/mol. The number of ether oxygens (including phenoxy) is 2. The monoisotopic (exact) mass is 359 g/mol. The number of carbonyl (C=O) groups is 1. The molecule has 1 aromatic rings. The molecule has 21 heavy (non-hydrogen) atoms. The molecule has 0 radical (unpaired) electrons. The highest BCUT2D eigenvalue weighted by Crippen LogP contribution is 2.23. The highest BCUT2D eigenvalue weighted by molar-refractivity contribution is 9.10. The van der Waals surface area contributed by atoms with Gasteiger partial charge < -0.3 is 14.4 Å². The molecule has 2 unspecified atom stereocenters. The first kappa shape index (κ1) is 16.1. The van der Waals surface area contributed by atoms with Gasteiger partial charge in [0.15, 0.2) is 6.17 Å². The van der Waals surface area contributed by atoms with Crippen molar-refractivity contribution in [2.45, 2.75) is 38.6 Å². The number of hydrogen-bond acceptors (Lipinski definition) is 3. The van der Waals surface area contributed by atoms with Crippen LogP contribution in [-0.2, 0) is 4.74 Å². The quantitative estimate of drug-likeness (QED) is 0.806. The maximum Gasteiger partial charge on any atom is 0.410 e. The van der Waals surface area contributed by atoms with Gasteiger partial charge in [-0.2, -0.15) is 0 Å². The number of hydrogen-bond donors (Lipinski definition) is 0. The van der Waals surface area contributed by atoms with Crippen LogP contribution in [0.3, 0.4) is 0 Å². The molecule has 4 nitrogen and oxygen atoms in total. The maximum absolute atomic E-state index is 14.0. The van der Waals surface area contributed by atoms with Crippen molar-refractivity contribution in [1.82, 2.24) is 4.90 Å². The van der Waals surface area contributed by atoms with Crippen molar-refractivity contribution in [3.8, 4) is 5.75 Å². The Morgan fingerprint density at radius 3 is 2.48 bits per heavy atom. The van der Waals surface area contributed by atoms with Crippen LogP contribution in [0.2, 0.25) is 0 Å². The molecule has 0 spiro atoms. The molecule has 116 valence electrons. The Kier molecular flexibility index (Phi) is 4.76. The van der Waals surface area contributed by atoms with Gasteiger partial charge in [-0.05, 0) is 45.0 Å². The normalized spacial score (nSPS) is 22.2. The third kappa shape index (κ3) is 4.59. The number of halogens is 2. The zero-order valence-corrected chi connectivity index (χ0v) is 13.9. The summed E-state index contributed by atoms with van der Waals surface area (Å²) in [5.41, 5.74) is -0.590. The molecular weight excluding hydrogens is 341 g/mol. The van der Waals surface area contributed by atoms with Crippen molar-refractivity contribution in [2.24, 2.45) is 0 Å². The van der Waals surface area contributed by atoms with Crippen LogP contribution in [0.1, 0.15) is 20.8 Å². The molecule has 1 aliphatic heterocycles. The van der Waals surface area contributed by atoms with E-state index in [1.165, 1.54) is 4.90 Å². The first-order valence-corrected chi connectivity index (χ1v) is 7.58. The predicted octanol–water partition coefficient (Wildman–Crippen LogP) is 3.79. The number of amides is 1. The minimum Gasteiger partial charge on any atom is -0.485 e. The van der Waals surface area contributed by atoms with Crippen molar-refractivity contribution < 1.29 is 18.7 Å². The van der Waals surface area contributed by atoms with E-state index in [0.29, 0.717) is 5.75 Å². The van der Waals surface area contributed by atoms with Gasteiger partial charge >= 0.3 is 6.09 Å². The molecule has 2 atom stereocenters. The molecule has 6 heteroatoms. The summed E-state index contributed by atoms with van der Waals surface area (Å²) in [7, 11) is 0. The smallest absolute Gasteiger partial charge is 0.410 e. The van der Waals surface area contributed by atoms with E-state index in [0.717, 1.165) is 4.47 Å². The Bertz CT molecular complexity index is 501. The number of nitrogens with zero attached hydrogens (tertiary/aromatic N) is 1. The van der Waals surface area contributed by atoms with E-state index < -0.39 is 24.0 Å². The lowest BCUT2D eigenvalue weighted by Crippen LogP contribution is -2.36. The second-order valence-corrected chi connectivity index (χ2v) is 6.93. The van der Waals surface area contributed by atoms with E-state index in [2.05, 4.69) is 15.9 Å². The number of likely N-dealkylation sites (tertiary alicyclic amines) is 1. The topological polar surface area (TPSA) is 38.8 Å². The van der Waals surface area contributed by atoms with Gasteiger partial charge in [0.1, 0.15) is 17.5 Å². The number of alkyl halides is 1. The van der Waals surface area contributed by atoms with Crippen LogP contribution >= 0.6 is 15.9 Å². The molecule has 1 amide bonds. The van der Waals surface area contributed by atoms with Crippen molar-refractivity contribution in [3.63, 3.8) is 0 Å². The lowest BCUT2D eigenvalue weighted by molar-refractivity contribution is 0.0273. The van der Waals surface area contributed by atoms with Crippen molar-refractivity contribution in [1.29, 1.82) is 0 Å². The zero-order chi connectivity index (χ0) is 15.6.